The molecular formula is C17H14BrNO3. The third-order valence-electron chi connectivity index (χ3n) is 3.42. The van der Waals surface area contributed by atoms with E-state index >= 15 is 0 Å². The maximum atomic E-state index is 9.73. The third-order valence-corrected chi connectivity index (χ3v) is 3.94. The van der Waals surface area contributed by atoms with Crippen LogP contribution in [0.5, 0.6) is 5.75 Å². The molecule has 0 atom stereocenters. The highest BCUT2D eigenvalue weighted by Crippen LogP contribution is 2.33. The van der Waals surface area contributed by atoms with Crippen molar-refractivity contribution in [3.8, 4) is 28.3 Å². The van der Waals surface area contributed by atoms with E-state index in [1.165, 1.54) is 0 Å². The van der Waals surface area contributed by atoms with E-state index < -0.39 is 0 Å². The molecule has 0 unspecified atom stereocenters. The zero-order valence-electron chi connectivity index (χ0n) is 11.9. The maximum Gasteiger partial charge on any atom is 0.173 e. The zero-order valence-corrected chi connectivity index (χ0v) is 13.5. The van der Waals surface area contributed by atoms with E-state index in [0.717, 1.165) is 21.3 Å². The lowest BCUT2D eigenvalue weighted by Gasteiger charge is -2.03. The molecule has 0 aliphatic carbocycles. The average Bonchev–Trinajstić information content (AvgIpc) is 2.99. The van der Waals surface area contributed by atoms with Gasteiger partial charge in [-0.15, -0.1) is 0 Å². The first-order valence-corrected chi connectivity index (χ1v) is 7.52. The number of aliphatic hydroxyl groups excluding tert-OH is 1. The van der Waals surface area contributed by atoms with Crippen molar-refractivity contribution in [3.63, 3.8) is 0 Å². The fraction of sp³-hybridized carbons (Fsp3) is 0.118. The smallest absolute Gasteiger partial charge is 0.173 e. The number of hydrogen-bond donors (Lipinski definition) is 1. The van der Waals surface area contributed by atoms with E-state index in [1.807, 2.05) is 48.5 Å². The molecule has 0 fully saturated rings. The summed E-state index contributed by atoms with van der Waals surface area (Å²) in [6, 6.07) is 15.2. The highest BCUT2D eigenvalue weighted by Gasteiger charge is 2.18. The Morgan fingerprint density at radius 1 is 1.05 bits per heavy atom. The fourth-order valence-corrected chi connectivity index (χ4v) is 2.52. The van der Waals surface area contributed by atoms with Crippen molar-refractivity contribution in [2.45, 2.75) is 6.61 Å². The van der Waals surface area contributed by atoms with Gasteiger partial charge in [0, 0.05) is 15.6 Å². The topological polar surface area (TPSA) is 55.5 Å². The van der Waals surface area contributed by atoms with Crippen molar-refractivity contribution in [2.75, 3.05) is 7.11 Å². The van der Waals surface area contributed by atoms with Crippen LogP contribution in [0.25, 0.3) is 22.6 Å². The van der Waals surface area contributed by atoms with Gasteiger partial charge in [-0.05, 0) is 36.4 Å². The third kappa shape index (κ3) is 2.77. The standard InChI is InChI=1S/C17H14BrNO3/c1-21-14-8-4-12(5-9-14)17-15(10-20)16(19-22-17)11-2-6-13(18)7-3-11/h2-9,20H,10H2,1H3. The van der Waals surface area contributed by atoms with Gasteiger partial charge >= 0.3 is 0 Å². The first kappa shape index (κ1) is 14.8. The normalized spacial score (nSPS) is 10.7. The molecule has 0 amide bonds. The Labute approximate surface area is 136 Å². The van der Waals surface area contributed by atoms with Gasteiger partial charge in [0.05, 0.1) is 19.3 Å². The Morgan fingerprint density at radius 2 is 1.68 bits per heavy atom. The predicted octanol–water partition coefficient (Wildman–Crippen LogP) is 4.27. The Kier molecular flexibility index (Phi) is 4.27. The second-order valence-electron chi connectivity index (χ2n) is 4.73. The molecule has 1 N–H and O–H groups in total. The van der Waals surface area contributed by atoms with Gasteiger partial charge in [-0.3, -0.25) is 0 Å². The molecule has 22 heavy (non-hydrogen) atoms. The summed E-state index contributed by atoms with van der Waals surface area (Å²) in [4.78, 5) is 0. The summed E-state index contributed by atoms with van der Waals surface area (Å²) in [5.41, 5.74) is 3.07. The van der Waals surface area contributed by atoms with Gasteiger partial charge < -0.3 is 14.4 Å². The molecule has 0 spiro atoms. The maximum absolute atomic E-state index is 9.73. The minimum Gasteiger partial charge on any atom is -0.497 e. The monoisotopic (exact) mass is 359 g/mol. The van der Waals surface area contributed by atoms with E-state index in [2.05, 4.69) is 21.1 Å². The molecule has 3 rings (SSSR count). The molecule has 0 saturated carbocycles. The molecule has 1 aromatic heterocycles. The predicted molar refractivity (Wildman–Crippen MR) is 87.5 cm³/mol. The van der Waals surface area contributed by atoms with Crippen molar-refractivity contribution in [1.82, 2.24) is 5.16 Å². The van der Waals surface area contributed by atoms with E-state index in [0.29, 0.717) is 17.0 Å². The number of ether oxygens (including phenoxy) is 1. The Balaban J connectivity index is 2.04. The first-order valence-electron chi connectivity index (χ1n) is 6.72. The number of methoxy groups -OCH3 is 1. The van der Waals surface area contributed by atoms with Gasteiger partial charge in [-0.1, -0.05) is 33.2 Å². The van der Waals surface area contributed by atoms with Crippen LogP contribution in [0.3, 0.4) is 0 Å². The fourth-order valence-electron chi connectivity index (χ4n) is 2.26. The summed E-state index contributed by atoms with van der Waals surface area (Å²) < 4.78 is 11.6. The summed E-state index contributed by atoms with van der Waals surface area (Å²) in [6.45, 7) is -0.143. The summed E-state index contributed by atoms with van der Waals surface area (Å²) in [7, 11) is 1.62. The molecule has 0 saturated heterocycles. The van der Waals surface area contributed by atoms with Gasteiger partial charge in [0.25, 0.3) is 0 Å². The van der Waals surface area contributed by atoms with Gasteiger partial charge in [-0.25, -0.2) is 0 Å². The Bertz CT molecular complexity index is 764. The summed E-state index contributed by atoms with van der Waals surface area (Å²) in [6.07, 6.45) is 0. The number of nitrogens with zero attached hydrogens (tertiary/aromatic N) is 1. The number of rotatable bonds is 4. The molecule has 0 aliphatic heterocycles. The lowest BCUT2D eigenvalue weighted by molar-refractivity contribution is 0.281. The van der Waals surface area contributed by atoms with Crippen LogP contribution in [0.2, 0.25) is 0 Å². The Morgan fingerprint density at radius 3 is 2.27 bits per heavy atom. The van der Waals surface area contributed by atoms with E-state index in [-0.39, 0.29) is 6.61 Å². The second kappa shape index (κ2) is 6.34. The highest BCUT2D eigenvalue weighted by molar-refractivity contribution is 9.10. The molecule has 5 heteroatoms. The van der Waals surface area contributed by atoms with Crippen LogP contribution >= 0.6 is 15.9 Å². The van der Waals surface area contributed by atoms with Crippen molar-refractivity contribution in [1.29, 1.82) is 0 Å². The van der Waals surface area contributed by atoms with Gasteiger partial charge in [0.1, 0.15) is 11.4 Å². The van der Waals surface area contributed by atoms with E-state index in [1.54, 1.807) is 7.11 Å². The van der Waals surface area contributed by atoms with Gasteiger partial charge in [0.15, 0.2) is 5.76 Å². The second-order valence-corrected chi connectivity index (χ2v) is 5.65. The lowest BCUT2D eigenvalue weighted by Crippen LogP contribution is -1.89. The number of halogens is 1. The largest absolute Gasteiger partial charge is 0.497 e. The number of aliphatic hydroxyl groups is 1. The molecule has 1 heterocycles. The van der Waals surface area contributed by atoms with Crippen LogP contribution in [-0.2, 0) is 6.61 Å². The average molecular weight is 360 g/mol. The molecule has 112 valence electrons. The number of hydrogen-bond acceptors (Lipinski definition) is 4. The van der Waals surface area contributed by atoms with Gasteiger partial charge in [0.2, 0.25) is 0 Å². The van der Waals surface area contributed by atoms with Crippen molar-refractivity contribution in [3.05, 3.63) is 58.6 Å². The van der Waals surface area contributed by atoms with Crippen LogP contribution in [-0.4, -0.2) is 17.4 Å². The van der Waals surface area contributed by atoms with Crippen LogP contribution in [0.4, 0.5) is 0 Å². The van der Waals surface area contributed by atoms with Crippen LogP contribution in [0, 0.1) is 0 Å². The summed E-state index contributed by atoms with van der Waals surface area (Å²) >= 11 is 3.40. The summed E-state index contributed by atoms with van der Waals surface area (Å²) in [5, 5.41) is 13.9. The van der Waals surface area contributed by atoms with E-state index in [9.17, 15) is 5.11 Å². The number of benzene rings is 2. The van der Waals surface area contributed by atoms with Crippen molar-refractivity contribution >= 4 is 15.9 Å². The zero-order chi connectivity index (χ0) is 15.5. The SMILES string of the molecule is COc1ccc(-c2onc(-c3ccc(Br)cc3)c2CO)cc1. The highest BCUT2D eigenvalue weighted by atomic mass is 79.9. The van der Waals surface area contributed by atoms with Crippen LogP contribution in [0.15, 0.2) is 57.5 Å². The molecule has 0 radical (unpaired) electrons. The quantitative estimate of drug-likeness (QED) is 0.755. The summed E-state index contributed by atoms with van der Waals surface area (Å²) in [5.74, 6) is 1.34. The van der Waals surface area contributed by atoms with Gasteiger partial charge in [-0.2, -0.15) is 0 Å². The first-order chi connectivity index (χ1) is 10.7. The minimum absolute atomic E-state index is 0.143. The Hall–Kier alpha value is -2.11. The van der Waals surface area contributed by atoms with Crippen LogP contribution < -0.4 is 4.74 Å². The molecule has 4 nitrogen and oxygen atoms in total. The van der Waals surface area contributed by atoms with Crippen molar-refractivity contribution < 1.29 is 14.4 Å². The van der Waals surface area contributed by atoms with E-state index in [4.69, 9.17) is 9.26 Å². The van der Waals surface area contributed by atoms with Crippen molar-refractivity contribution in [2.24, 2.45) is 0 Å². The molecule has 3 aromatic rings. The molecule has 2 aromatic carbocycles. The minimum atomic E-state index is -0.143. The molecule has 0 aliphatic rings. The number of aromatic nitrogens is 1. The van der Waals surface area contributed by atoms with Crippen LogP contribution in [0.1, 0.15) is 5.56 Å². The molecular weight excluding hydrogens is 346 g/mol. The molecule has 0 bridgehead atoms. The lowest BCUT2D eigenvalue weighted by atomic mass is 10.0.